The van der Waals surface area contributed by atoms with Gasteiger partial charge in [-0.1, -0.05) is 18.2 Å². The Bertz CT molecular complexity index is 429. The Balaban J connectivity index is 2.16. The number of likely N-dealkylation sites (N-methyl/N-ethyl adjacent to an activating group) is 1. The fraction of sp³-hybridized carbons (Fsp3) is 0.500. The van der Waals surface area contributed by atoms with Crippen LogP contribution in [0.15, 0.2) is 24.3 Å². The first kappa shape index (κ1) is 16.8. The lowest BCUT2D eigenvalue weighted by molar-refractivity contribution is 0.144. The Morgan fingerprint density at radius 2 is 2.20 bits per heavy atom. The molecule has 2 amide bonds. The molecule has 0 aromatic heterocycles. The van der Waals surface area contributed by atoms with Gasteiger partial charge in [0.1, 0.15) is 5.82 Å². The highest BCUT2D eigenvalue weighted by Crippen LogP contribution is 2.14. The van der Waals surface area contributed by atoms with Crippen molar-refractivity contribution >= 4 is 17.8 Å². The van der Waals surface area contributed by atoms with Crippen LogP contribution in [-0.4, -0.2) is 48.0 Å². The SMILES string of the molecule is CC(O)CN(C)C(=O)NCCSCc1ccccc1F. The first-order valence-electron chi connectivity index (χ1n) is 6.49. The van der Waals surface area contributed by atoms with Crippen molar-refractivity contribution in [2.45, 2.75) is 18.8 Å². The third-order valence-corrected chi connectivity index (χ3v) is 3.63. The van der Waals surface area contributed by atoms with Gasteiger partial charge in [0.25, 0.3) is 0 Å². The number of halogens is 1. The highest BCUT2D eigenvalue weighted by Gasteiger charge is 2.09. The molecular weight excluding hydrogens is 279 g/mol. The number of hydrogen-bond donors (Lipinski definition) is 2. The number of aliphatic hydroxyl groups is 1. The van der Waals surface area contributed by atoms with Crippen LogP contribution in [0.25, 0.3) is 0 Å². The molecule has 0 fully saturated rings. The minimum absolute atomic E-state index is 0.194. The molecule has 0 bridgehead atoms. The van der Waals surface area contributed by atoms with Crippen LogP contribution in [0.2, 0.25) is 0 Å². The van der Waals surface area contributed by atoms with Gasteiger partial charge in [-0.2, -0.15) is 11.8 Å². The topological polar surface area (TPSA) is 52.6 Å². The second kappa shape index (κ2) is 8.81. The predicted octanol–water partition coefficient (Wildman–Crippen LogP) is 2.08. The van der Waals surface area contributed by atoms with Crippen molar-refractivity contribution in [3.05, 3.63) is 35.6 Å². The zero-order valence-corrected chi connectivity index (χ0v) is 12.6. The van der Waals surface area contributed by atoms with Crippen molar-refractivity contribution in [2.75, 3.05) is 25.9 Å². The second-order valence-electron chi connectivity index (χ2n) is 4.61. The van der Waals surface area contributed by atoms with Crippen molar-refractivity contribution in [3.8, 4) is 0 Å². The zero-order valence-electron chi connectivity index (χ0n) is 11.8. The lowest BCUT2D eigenvalue weighted by Crippen LogP contribution is -2.41. The van der Waals surface area contributed by atoms with E-state index in [-0.39, 0.29) is 11.8 Å². The Morgan fingerprint density at radius 1 is 1.50 bits per heavy atom. The lowest BCUT2D eigenvalue weighted by atomic mass is 10.2. The van der Waals surface area contributed by atoms with E-state index in [0.717, 1.165) is 0 Å². The molecular formula is C14H21FN2O2S. The van der Waals surface area contributed by atoms with Gasteiger partial charge < -0.3 is 15.3 Å². The van der Waals surface area contributed by atoms with E-state index in [4.69, 9.17) is 0 Å². The van der Waals surface area contributed by atoms with Gasteiger partial charge in [0.05, 0.1) is 6.10 Å². The molecule has 4 nitrogen and oxygen atoms in total. The number of thioether (sulfide) groups is 1. The number of benzene rings is 1. The fourth-order valence-electron chi connectivity index (χ4n) is 1.64. The van der Waals surface area contributed by atoms with Gasteiger partial charge in [-0.3, -0.25) is 0 Å². The van der Waals surface area contributed by atoms with Crippen molar-refractivity contribution in [3.63, 3.8) is 0 Å². The summed E-state index contributed by atoms with van der Waals surface area (Å²) in [5.41, 5.74) is 0.676. The van der Waals surface area contributed by atoms with E-state index < -0.39 is 6.10 Å². The average molecular weight is 300 g/mol. The molecule has 0 aliphatic heterocycles. The van der Waals surface area contributed by atoms with E-state index in [9.17, 15) is 14.3 Å². The summed E-state index contributed by atoms with van der Waals surface area (Å²) >= 11 is 1.57. The van der Waals surface area contributed by atoms with Gasteiger partial charge in [-0.05, 0) is 18.6 Å². The van der Waals surface area contributed by atoms with Crippen LogP contribution in [0, 0.1) is 5.82 Å². The van der Waals surface area contributed by atoms with Crippen molar-refractivity contribution in [2.24, 2.45) is 0 Å². The Labute approximate surface area is 123 Å². The summed E-state index contributed by atoms with van der Waals surface area (Å²) in [5.74, 6) is 1.11. The highest BCUT2D eigenvalue weighted by atomic mass is 32.2. The molecule has 1 unspecified atom stereocenters. The summed E-state index contributed by atoms with van der Waals surface area (Å²) in [5, 5.41) is 11.9. The van der Waals surface area contributed by atoms with Crippen LogP contribution in [0.5, 0.6) is 0 Å². The number of hydrogen-bond acceptors (Lipinski definition) is 3. The Kier molecular flexibility index (Phi) is 7.40. The number of nitrogens with zero attached hydrogens (tertiary/aromatic N) is 1. The highest BCUT2D eigenvalue weighted by molar-refractivity contribution is 7.98. The fourth-order valence-corrected chi connectivity index (χ4v) is 2.49. The molecule has 0 heterocycles. The molecule has 0 saturated heterocycles. The minimum atomic E-state index is -0.541. The van der Waals surface area contributed by atoms with E-state index in [1.54, 1.807) is 37.9 Å². The predicted molar refractivity (Wildman–Crippen MR) is 80.3 cm³/mol. The summed E-state index contributed by atoms with van der Waals surface area (Å²) in [7, 11) is 1.63. The van der Waals surface area contributed by atoms with Crippen LogP contribution in [0.4, 0.5) is 9.18 Å². The maximum absolute atomic E-state index is 13.3. The lowest BCUT2D eigenvalue weighted by Gasteiger charge is -2.19. The number of nitrogens with one attached hydrogen (secondary N) is 1. The van der Waals surface area contributed by atoms with Gasteiger partial charge in [0.15, 0.2) is 0 Å². The van der Waals surface area contributed by atoms with E-state index in [1.807, 2.05) is 6.07 Å². The molecule has 20 heavy (non-hydrogen) atoms. The quantitative estimate of drug-likeness (QED) is 0.758. The minimum Gasteiger partial charge on any atom is -0.392 e. The summed E-state index contributed by atoms with van der Waals surface area (Å²) < 4.78 is 13.3. The van der Waals surface area contributed by atoms with E-state index in [2.05, 4.69) is 5.32 Å². The Hall–Kier alpha value is -1.27. The van der Waals surface area contributed by atoms with Gasteiger partial charge in [0, 0.05) is 31.6 Å². The average Bonchev–Trinajstić information content (AvgIpc) is 2.39. The number of amides is 2. The molecule has 0 radical (unpaired) electrons. The summed E-state index contributed by atoms with van der Waals surface area (Å²) in [4.78, 5) is 13.0. The van der Waals surface area contributed by atoms with Crippen LogP contribution in [-0.2, 0) is 5.75 Å². The number of urea groups is 1. The molecule has 1 aromatic carbocycles. The molecule has 1 atom stereocenters. The molecule has 1 rings (SSSR count). The molecule has 0 spiro atoms. The molecule has 0 aliphatic rings. The first-order chi connectivity index (χ1) is 9.50. The number of carbonyl (C=O) groups excluding carboxylic acids is 1. The maximum atomic E-state index is 13.3. The standard InChI is InChI=1S/C14H21FN2O2S/c1-11(18)9-17(2)14(19)16-7-8-20-10-12-5-3-4-6-13(12)15/h3-6,11,18H,7-10H2,1-2H3,(H,16,19). The summed E-state index contributed by atoms with van der Waals surface area (Å²) in [6.07, 6.45) is -0.541. The smallest absolute Gasteiger partial charge is 0.317 e. The normalized spacial score (nSPS) is 12.0. The molecule has 2 N–H and O–H groups in total. The van der Waals surface area contributed by atoms with Crippen LogP contribution < -0.4 is 5.32 Å². The van der Waals surface area contributed by atoms with Gasteiger partial charge >= 0.3 is 6.03 Å². The summed E-state index contributed by atoms with van der Waals surface area (Å²) in [6, 6.07) is 6.48. The third kappa shape index (κ3) is 6.25. The van der Waals surface area contributed by atoms with Crippen molar-refractivity contribution in [1.82, 2.24) is 10.2 Å². The maximum Gasteiger partial charge on any atom is 0.317 e. The van der Waals surface area contributed by atoms with Gasteiger partial charge in [0.2, 0.25) is 0 Å². The van der Waals surface area contributed by atoms with E-state index in [1.165, 1.54) is 11.0 Å². The molecule has 112 valence electrons. The van der Waals surface area contributed by atoms with E-state index in [0.29, 0.717) is 30.2 Å². The first-order valence-corrected chi connectivity index (χ1v) is 7.64. The largest absolute Gasteiger partial charge is 0.392 e. The molecule has 6 heteroatoms. The third-order valence-electron chi connectivity index (χ3n) is 2.62. The van der Waals surface area contributed by atoms with Gasteiger partial charge in [-0.25, -0.2) is 9.18 Å². The van der Waals surface area contributed by atoms with Crippen LogP contribution in [0.1, 0.15) is 12.5 Å². The van der Waals surface area contributed by atoms with Crippen LogP contribution in [0.3, 0.4) is 0 Å². The van der Waals surface area contributed by atoms with E-state index >= 15 is 0 Å². The Morgan fingerprint density at radius 3 is 2.85 bits per heavy atom. The number of rotatable bonds is 7. The van der Waals surface area contributed by atoms with Crippen molar-refractivity contribution < 1.29 is 14.3 Å². The van der Waals surface area contributed by atoms with Gasteiger partial charge in [-0.15, -0.1) is 0 Å². The number of carbonyl (C=O) groups is 1. The second-order valence-corrected chi connectivity index (χ2v) is 5.71. The zero-order chi connectivity index (χ0) is 15.0. The van der Waals surface area contributed by atoms with Crippen molar-refractivity contribution in [1.29, 1.82) is 0 Å². The summed E-state index contributed by atoms with van der Waals surface area (Å²) in [6.45, 7) is 2.45. The number of aliphatic hydroxyl groups excluding tert-OH is 1. The monoisotopic (exact) mass is 300 g/mol. The molecule has 1 aromatic rings. The molecule has 0 aliphatic carbocycles. The van der Waals surface area contributed by atoms with Crippen LogP contribution >= 0.6 is 11.8 Å². The molecule has 0 saturated carbocycles.